The van der Waals surface area contributed by atoms with Crippen molar-refractivity contribution in [1.82, 2.24) is 15.2 Å². The molecule has 0 saturated heterocycles. The fourth-order valence-corrected chi connectivity index (χ4v) is 4.28. The Morgan fingerprint density at radius 1 is 1.05 bits per heavy atom. The zero-order valence-electron chi connectivity index (χ0n) is 21.0. The van der Waals surface area contributed by atoms with Crippen molar-refractivity contribution in [3.05, 3.63) is 106 Å². The maximum Gasteiger partial charge on any atom is 0.416 e. The summed E-state index contributed by atoms with van der Waals surface area (Å²) in [7, 11) is 0. The first-order valence-electron chi connectivity index (χ1n) is 11.9. The van der Waals surface area contributed by atoms with E-state index in [1.165, 1.54) is 36.1 Å². The van der Waals surface area contributed by atoms with Crippen molar-refractivity contribution in [2.45, 2.75) is 31.5 Å². The lowest BCUT2D eigenvalue weighted by Gasteiger charge is -2.31. The summed E-state index contributed by atoms with van der Waals surface area (Å²) >= 11 is 5.99. The van der Waals surface area contributed by atoms with Crippen molar-refractivity contribution in [2.75, 3.05) is 6.54 Å². The average Bonchev–Trinajstić information content (AvgIpc) is 3.19. The summed E-state index contributed by atoms with van der Waals surface area (Å²) in [5.74, 6) is -2.28. The van der Waals surface area contributed by atoms with Crippen LogP contribution in [-0.2, 0) is 27.8 Å². The molecule has 0 spiro atoms. The van der Waals surface area contributed by atoms with Crippen LogP contribution in [0.5, 0.6) is 0 Å². The van der Waals surface area contributed by atoms with Gasteiger partial charge in [-0.25, -0.2) is 9.40 Å². The summed E-state index contributed by atoms with van der Waals surface area (Å²) in [6, 6.07) is 16.3. The third kappa shape index (κ3) is 6.02. The van der Waals surface area contributed by atoms with Crippen molar-refractivity contribution in [3.8, 4) is 0 Å². The first-order chi connectivity index (χ1) is 18.8. The maximum absolute atomic E-state index is 14.4. The van der Waals surface area contributed by atoms with Crippen molar-refractivity contribution < 1.29 is 32.3 Å². The molecule has 0 bridgehead atoms. The second-order valence-electron chi connectivity index (χ2n) is 9.21. The second-order valence-corrected chi connectivity index (χ2v) is 9.65. The molecule has 0 aliphatic carbocycles. The van der Waals surface area contributed by atoms with Gasteiger partial charge in [-0.1, -0.05) is 41.9 Å². The molecular formula is C27H24ClF4N5O3. The fourth-order valence-electron chi connectivity index (χ4n) is 4.16. The number of hydrogen-bond donors (Lipinski definition) is 3. The average molecular weight is 578 g/mol. The number of alkyl halides is 3. The fraction of sp³-hybridized carbons (Fsp3) is 0.222. The Labute approximate surface area is 231 Å². The van der Waals surface area contributed by atoms with E-state index in [4.69, 9.17) is 17.3 Å². The number of carbonyl (C=O) groups is 2. The highest BCUT2D eigenvalue weighted by Crippen LogP contribution is 2.32. The number of rotatable bonds is 8. The van der Waals surface area contributed by atoms with Gasteiger partial charge in [0.1, 0.15) is 17.9 Å². The van der Waals surface area contributed by atoms with Gasteiger partial charge in [0, 0.05) is 16.1 Å². The molecule has 0 saturated carbocycles. The van der Waals surface area contributed by atoms with Gasteiger partial charge < -0.3 is 21.1 Å². The normalized spacial score (nSPS) is 16.9. The van der Waals surface area contributed by atoms with Crippen molar-refractivity contribution in [1.29, 1.82) is 0 Å². The Bertz CT molecular complexity index is 1450. The lowest BCUT2D eigenvalue weighted by molar-refractivity contribution is -0.138. The highest BCUT2D eigenvalue weighted by Gasteiger charge is 2.40. The van der Waals surface area contributed by atoms with Crippen molar-refractivity contribution >= 4 is 29.3 Å². The molecule has 2 unspecified atom stereocenters. The standard InChI is InChI=1S/C27H24ClF4N5O3/c1-26(24(33)39,18-6-4-7-19(13-18)27(30,31)32)34-22(38)15-37-25(40)36(14-17-5-2-3-8-21(17)29)23(35-37)16-9-11-20(28)12-10-16/h2-13,25,40H,14-15H2,1H3,(H2,33,39)(H,34,38). The Morgan fingerprint density at radius 3 is 2.33 bits per heavy atom. The SMILES string of the molecule is CC(NC(=O)CN1N=C(c2ccc(Cl)cc2)N(Cc2ccccc2F)C1O)(C(N)=O)c1cccc(C(F)(F)F)c1. The number of amidine groups is 1. The van der Waals surface area contributed by atoms with Crippen LogP contribution < -0.4 is 11.1 Å². The van der Waals surface area contributed by atoms with Crippen LogP contribution in [0.15, 0.2) is 77.9 Å². The van der Waals surface area contributed by atoms with Crippen LogP contribution in [0.3, 0.4) is 0 Å². The molecule has 2 amide bonds. The molecule has 0 radical (unpaired) electrons. The van der Waals surface area contributed by atoms with Gasteiger partial charge in [0.15, 0.2) is 5.84 Å². The number of amides is 2. The first-order valence-corrected chi connectivity index (χ1v) is 12.3. The molecule has 13 heteroatoms. The predicted octanol–water partition coefficient (Wildman–Crippen LogP) is 3.77. The van der Waals surface area contributed by atoms with Gasteiger partial charge >= 0.3 is 6.18 Å². The number of hydrazone groups is 1. The van der Waals surface area contributed by atoms with Crippen LogP contribution in [0.25, 0.3) is 0 Å². The third-order valence-corrected chi connectivity index (χ3v) is 6.65. The van der Waals surface area contributed by atoms with Gasteiger partial charge in [-0.05, 0) is 55.0 Å². The molecule has 1 heterocycles. The number of primary amides is 1. The van der Waals surface area contributed by atoms with Gasteiger partial charge in [-0.2, -0.15) is 18.3 Å². The third-order valence-electron chi connectivity index (χ3n) is 6.40. The molecule has 0 fully saturated rings. The first kappa shape index (κ1) is 28.8. The molecule has 2 atom stereocenters. The summed E-state index contributed by atoms with van der Waals surface area (Å²) in [5.41, 5.74) is 3.03. The number of carbonyl (C=O) groups excluding carboxylic acids is 2. The number of hydrogen-bond acceptors (Lipinski definition) is 6. The van der Waals surface area contributed by atoms with Crippen molar-refractivity contribution in [3.63, 3.8) is 0 Å². The number of nitrogens with zero attached hydrogens (tertiary/aromatic N) is 3. The van der Waals surface area contributed by atoms with E-state index in [0.717, 1.165) is 23.2 Å². The minimum atomic E-state index is -4.69. The molecular weight excluding hydrogens is 554 g/mol. The quantitative estimate of drug-likeness (QED) is 0.353. The molecule has 1 aliphatic rings. The number of nitrogens with two attached hydrogens (primary N) is 1. The Morgan fingerprint density at radius 2 is 1.70 bits per heavy atom. The van der Waals surface area contributed by atoms with Crippen LogP contribution >= 0.6 is 11.6 Å². The van der Waals surface area contributed by atoms with Crippen LogP contribution in [0.1, 0.15) is 29.2 Å². The van der Waals surface area contributed by atoms with Crippen LogP contribution in [0.4, 0.5) is 17.6 Å². The second kappa shape index (κ2) is 11.1. The van der Waals surface area contributed by atoms with Crippen molar-refractivity contribution in [2.24, 2.45) is 10.8 Å². The minimum Gasteiger partial charge on any atom is -0.367 e. The maximum atomic E-state index is 14.4. The highest BCUT2D eigenvalue weighted by atomic mass is 35.5. The molecule has 210 valence electrons. The van der Waals surface area contributed by atoms with Gasteiger partial charge in [-0.3, -0.25) is 9.59 Å². The number of aliphatic hydroxyl groups excluding tert-OH is 1. The van der Waals surface area contributed by atoms with E-state index >= 15 is 0 Å². The molecule has 4 N–H and O–H groups in total. The Kier molecular flexibility index (Phi) is 8.03. The largest absolute Gasteiger partial charge is 0.416 e. The van der Waals surface area contributed by atoms with E-state index in [2.05, 4.69) is 10.4 Å². The molecule has 4 rings (SSSR count). The van der Waals surface area contributed by atoms with Crippen LogP contribution in [-0.4, -0.2) is 45.6 Å². The summed E-state index contributed by atoms with van der Waals surface area (Å²) in [5, 5.41) is 19.2. The Balaban J connectivity index is 1.61. The monoisotopic (exact) mass is 577 g/mol. The Hall–Kier alpha value is -4.16. The molecule has 0 aromatic heterocycles. The molecule has 1 aliphatic heterocycles. The van der Waals surface area contributed by atoms with Gasteiger partial charge in [-0.15, -0.1) is 0 Å². The number of benzene rings is 3. The number of aliphatic hydroxyl groups is 1. The lowest BCUT2D eigenvalue weighted by atomic mass is 9.89. The topological polar surface area (TPSA) is 111 Å². The van der Waals surface area contributed by atoms with Crippen LogP contribution in [0, 0.1) is 5.82 Å². The van der Waals surface area contributed by atoms with E-state index in [9.17, 15) is 32.3 Å². The van der Waals surface area contributed by atoms with Crippen LogP contribution in [0.2, 0.25) is 5.02 Å². The van der Waals surface area contributed by atoms with Gasteiger partial charge in [0.05, 0.1) is 12.1 Å². The van der Waals surface area contributed by atoms with Gasteiger partial charge in [0.25, 0.3) is 0 Å². The smallest absolute Gasteiger partial charge is 0.367 e. The predicted molar refractivity (Wildman–Crippen MR) is 139 cm³/mol. The zero-order valence-corrected chi connectivity index (χ0v) is 21.7. The van der Waals surface area contributed by atoms with E-state index in [0.29, 0.717) is 10.6 Å². The zero-order chi connectivity index (χ0) is 29.2. The lowest BCUT2D eigenvalue weighted by Crippen LogP contribution is -2.55. The summed E-state index contributed by atoms with van der Waals surface area (Å²) in [6.07, 6.45) is -6.23. The molecule has 3 aromatic carbocycles. The van der Waals surface area contributed by atoms with E-state index in [1.54, 1.807) is 30.3 Å². The summed E-state index contributed by atoms with van der Waals surface area (Å²) in [6.45, 7) is 0.445. The minimum absolute atomic E-state index is 0.114. The summed E-state index contributed by atoms with van der Waals surface area (Å²) < 4.78 is 54.2. The molecule has 3 aromatic rings. The van der Waals surface area contributed by atoms with E-state index in [1.807, 2.05) is 0 Å². The number of nitrogens with one attached hydrogen (secondary N) is 1. The highest BCUT2D eigenvalue weighted by molar-refractivity contribution is 6.30. The van der Waals surface area contributed by atoms with E-state index in [-0.39, 0.29) is 23.5 Å². The molecule has 40 heavy (non-hydrogen) atoms. The van der Waals surface area contributed by atoms with Gasteiger partial charge in [0.2, 0.25) is 18.2 Å². The summed E-state index contributed by atoms with van der Waals surface area (Å²) in [4.78, 5) is 26.8. The number of halogens is 5. The van der Waals surface area contributed by atoms with E-state index < -0.39 is 47.8 Å². The molecule has 8 nitrogen and oxygen atoms in total.